The molecule has 1 saturated heterocycles. The molecular weight excluding hydrogens is 429 g/mol. The van der Waals surface area contributed by atoms with Crippen LogP contribution in [0.1, 0.15) is 73.1 Å². The Morgan fingerprint density at radius 2 is 1.71 bits per heavy atom. The summed E-state index contributed by atoms with van der Waals surface area (Å²) in [5, 5.41) is 6.76. The number of fused-ring (bicyclic) bond motifs is 5. The van der Waals surface area contributed by atoms with Crippen molar-refractivity contribution < 1.29 is 52.1 Å². The number of hydrogen-bond acceptors (Lipinski definition) is 3. The quantitative estimate of drug-likeness (QED) is 0.514. The van der Waals surface area contributed by atoms with E-state index in [0.29, 0.717) is 58.8 Å². The zero-order valence-electron chi connectivity index (χ0n) is 18.4. The van der Waals surface area contributed by atoms with Crippen LogP contribution in [0.5, 0.6) is 0 Å². The first kappa shape index (κ1) is 26.2. The molecule has 0 bridgehead atoms. The largest absolute Gasteiger partial charge is 0.665 e. The van der Waals surface area contributed by atoms with Crippen molar-refractivity contribution in [1.82, 2.24) is 0 Å². The topological polar surface area (TPSA) is 63.6 Å². The Morgan fingerprint density at radius 3 is 2.32 bits per heavy atom. The van der Waals surface area contributed by atoms with Crippen molar-refractivity contribution in [2.75, 3.05) is 6.61 Å². The molecule has 8 atom stereocenters. The third-order valence-corrected chi connectivity index (χ3v) is 8.38. The fourth-order valence-electron chi connectivity index (χ4n) is 6.88. The SMILES string of the molecule is CC.O=[C-]O.[CH2-][C@H]1CCC2C3C(=O)C[C@@H]4CO[C@H](C)C[C@]4(C)C3CCC21C.[Y]. The molecule has 4 aliphatic rings. The van der Waals surface area contributed by atoms with Crippen molar-refractivity contribution in [3.8, 4) is 0 Å². The van der Waals surface area contributed by atoms with E-state index in [0.717, 1.165) is 19.4 Å². The number of ketones is 1. The second-order valence-corrected chi connectivity index (χ2v) is 9.37. The standard InChI is InChI=1S/C20H31O2.C2H6.CHO2.Y/c1-12-5-6-15-18-16(7-8-19(12,15)3)20(4)10-13(2)22-11-14(20)9-17(18)21;1-2;2-1-3;/h12-16,18H,1,5-11H2,2-4H3;1-2H3;(H,2,3);/q-1;;-1;/t12-,13+,14+,15?,16?,18?,19?,20-;;;/m0.../s1. The third kappa shape index (κ3) is 4.44. The van der Waals surface area contributed by atoms with Gasteiger partial charge in [0.15, 0.2) is 0 Å². The fraction of sp³-hybridized carbons (Fsp3) is 0.870. The molecule has 1 radical (unpaired) electrons. The van der Waals surface area contributed by atoms with Crippen LogP contribution in [0.25, 0.3) is 0 Å². The predicted octanol–water partition coefficient (Wildman–Crippen LogP) is 4.92. The summed E-state index contributed by atoms with van der Waals surface area (Å²) < 4.78 is 5.90. The molecule has 0 aromatic heterocycles. The van der Waals surface area contributed by atoms with Crippen LogP contribution < -0.4 is 0 Å². The molecule has 0 aromatic rings. The zero-order valence-corrected chi connectivity index (χ0v) is 21.2. The number of Topliss-reactive ketones (excluding diaryl/α,β-unsaturated/α-hetero) is 1. The number of carbonyl (C=O) groups is 1. The van der Waals surface area contributed by atoms with Gasteiger partial charge in [0.1, 0.15) is 5.78 Å². The smallest absolute Gasteiger partial charge is 0.136 e. The van der Waals surface area contributed by atoms with Gasteiger partial charge in [-0.2, -0.15) is 5.92 Å². The van der Waals surface area contributed by atoms with Gasteiger partial charge in [-0.05, 0) is 49.4 Å². The van der Waals surface area contributed by atoms with Gasteiger partial charge < -0.3 is 21.6 Å². The molecule has 0 aromatic carbocycles. The van der Waals surface area contributed by atoms with Crippen molar-refractivity contribution in [3.05, 3.63) is 6.92 Å². The van der Waals surface area contributed by atoms with E-state index in [1.54, 1.807) is 0 Å². The molecule has 4 unspecified atom stereocenters. The van der Waals surface area contributed by atoms with Crippen molar-refractivity contribution >= 4 is 12.3 Å². The van der Waals surface area contributed by atoms with Gasteiger partial charge >= 0.3 is 0 Å². The summed E-state index contributed by atoms with van der Waals surface area (Å²) in [5.74, 6) is 3.06. The number of ether oxygens (including phenoxy) is 1. The Kier molecular flexibility index (Phi) is 9.83. The molecule has 1 heterocycles. The van der Waals surface area contributed by atoms with Gasteiger partial charge in [-0.15, -0.1) is 0 Å². The monoisotopic (exact) mass is 467 g/mol. The van der Waals surface area contributed by atoms with Crippen LogP contribution in [-0.4, -0.2) is 30.1 Å². The summed E-state index contributed by atoms with van der Waals surface area (Å²) in [6.45, 7) is 16.8. The number of carbonyl (C=O) groups excluding carboxylic acids is 1. The van der Waals surface area contributed by atoms with Crippen LogP contribution in [0.3, 0.4) is 0 Å². The van der Waals surface area contributed by atoms with Crippen LogP contribution in [0, 0.1) is 47.3 Å². The Hall–Kier alpha value is 0.204. The van der Waals surface area contributed by atoms with Gasteiger partial charge in [0.05, 0.1) is 12.7 Å². The molecule has 4 rings (SSSR count). The molecule has 3 saturated carbocycles. The van der Waals surface area contributed by atoms with Crippen molar-refractivity contribution in [2.45, 2.75) is 79.2 Å². The van der Waals surface area contributed by atoms with Crippen molar-refractivity contribution in [2.24, 2.45) is 40.4 Å². The molecule has 28 heavy (non-hydrogen) atoms. The van der Waals surface area contributed by atoms with Crippen LogP contribution >= 0.6 is 0 Å². The zero-order chi connectivity index (χ0) is 20.4. The van der Waals surface area contributed by atoms with Gasteiger partial charge in [0.2, 0.25) is 0 Å². The van der Waals surface area contributed by atoms with Gasteiger partial charge in [-0.25, -0.2) is 0 Å². The molecule has 1 aliphatic heterocycles. The molecule has 3 aliphatic carbocycles. The maximum atomic E-state index is 13.0. The Labute approximate surface area is 196 Å². The van der Waals surface area contributed by atoms with E-state index in [2.05, 4.69) is 27.7 Å². The van der Waals surface area contributed by atoms with Crippen molar-refractivity contribution in [3.63, 3.8) is 0 Å². The minimum absolute atomic E-state index is 0. The van der Waals surface area contributed by atoms with Gasteiger partial charge in [-0.1, -0.05) is 52.4 Å². The second-order valence-electron chi connectivity index (χ2n) is 9.37. The predicted molar refractivity (Wildman–Crippen MR) is 107 cm³/mol. The summed E-state index contributed by atoms with van der Waals surface area (Å²) in [6.07, 6.45) is 7.21. The molecule has 4 fully saturated rings. The van der Waals surface area contributed by atoms with Gasteiger partial charge in [0.25, 0.3) is 0 Å². The third-order valence-electron chi connectivity index (χ3n) is 8.38. The van der Waals surface area contributed by atoms with Gasteiger partial charge in [0, 0.05) is 45.0 Å². The van der Waals surface area contributed by atoms with Crippen LogP contribution in [0.2, 0.25) is 0 Å². The Balaban J connectivity index is 0.000000600. The maximum Gasteiger partial charge on any atom is 0.136 e. The number of rotatable bonds is 0. The van der Waals surface area contributed by atoms with E-state index in [1.165, 1.54) is 25.7 Å². The molecular formula is C23H38O4Y-2. The molecule has 1 N–H and O–H groups in total. The van der Waals surface area contributed by atoms with Crippen LogP contribution in [0.15, 0.2) is 0 Å². The normalized spacial score (nSPS) is 46.1. The first-order chi connectivity index (χ1) is 12.8. The Morgan fingerprint density at radius 1 is 1.14 bits per heavy atom. The van der Waals surface area contributed by atoms with Crippen LogP contribution in [-0.2, 0) is 47.0 Å². The minimum atomic E-state index is 0. The molecule has 4 nitrogen and oxygen atoms in total. The first-order valence-corrected chi connectivity index (χ1v) is 10.8. The second kappa shape index (κ2) is 10.5. The molecule has 0 spiro atoms. The summed E-state index contributed by atoms with van der Waals surface area (Å²) in [7, 11) is 0. The van der Waals surface area contributed by atoms with E-state index < -0.39 is 0 Å². The molecule has 159 valence electrons. The van der Waals surface area contributed by atoms with E-state index in [1.807, 2.05) is 13.8 Å². The first-order valence-electron chi connectivity index (χ1n) is 10.8. The maximum absolute atomic E-state index is 13.0. The van der Waals surface area contributed by atoms with Crippen LogP contribution in [0.4, 0.5) is 0 Å². The summed E-state index contributed by atoms with van der Waals surface area (Å²) in [6, 6.07) is 0. The van der Waals surface area contributed by atoms with Crippen molar-refractivity contribution in [1.29, 1.82) is 0 Å². The fourth-order valence-corrected chi connectivity index (χ4v) is 6.88. The van der Waals surface area contributed by atoms with E-state index in [-0.39, 0.29) is 32.7 Å². The number of hydrogen-bond donors (Lipinski definition) is 1. The van der Waals surface area contributed by atoms with E-state index in [9.17, 15) is 4.79 Å². The average molecular weight is 467 g/mol. The minimum Gasteiger partial charge on any atom is -0.665 e. The summed E-state index contributed by atoms with van der Waals surface area (Å²) in [4.78, 5) is 21.3. The molecule has 5 heteroatoms. The summed E-state index contributed by atoms with van der Waals surface area (Å²) in [5.41, 5.74) is 0.633. The van der Waals surface area contributed by atoms with E-state index >= 15 is 0 Å². The molecule has 0 amide bonds. The summed E-state index contributed by atoms with van der Waals surface area (Å²) >= 11 is 0. The van der Waals surface area contributed by atoms with Gasteiger partial charge in [-0.3, -0.25) is 4.79 Å². The number of aliphatic hydroxyl groups excluding tert-OH is 1. The Bertz CT molecular complexity index is 539. The average Bonchev–Trinajstić information content (AvgIpc) is 2.93. The van der Waals surface area contributed by atoms with E-state index in [4.69, 9.17) is 14.6 Å².